The minimum atomic E-state index is -0.212. The molecule has 1 aliphatic carbocycles. The van der Waals surface area contributed by atoms with Gasteiger partial charge in [-0.05, 0) is 42.3 Å². The van der Waals surface area contributed by atoms with Gasteiger partial charge in [-0.1, -0.05) is 12.8 Å². The molecule has 2 atom stereocenters. The monoisotopic (exact) mass is 271 g/mol. The van der Waals surface area contributed by atoms with Crippen LogP contribution in [0.2, 0.25) is 5.22 Å². The molecular weight excluding hydrogens is 254 g/mol. The molecule has 0 aliphatic heterocycles. The highest BCUT2D eigenvalue weighted by Gasteiger charge is 2.25. The Bertz CT molecular complexity index is 405. The molecule has 1 aliphatic rings. The molecule has 4 nitrogen and oxygen atoms in total. The van der Waals surface area contributed by atoms with E-state index < -0.39 is 0 Å². The number of carbonyl (C=O) groups excluding carboxylic acids is 1. The summed E-state index contributed by atoms with van der Waals surface area (Å²) in [6.45, 7) is 0.790. The fourth-order valence-corrected chi connectivity index (χ4v) is 2.77. The van der Waals surface area contributed by atoms with Crippen molar-refractivity contribution >= 4 is 17.5 Å². The molecule has 0 bridgehead atoms. The minimum Gasteiger partial charge on any atom is -0.452 e. The smallest absolute Gasteiger partial charge is 0.256 e. The first-order valence-electron chi connectivity index (χ1n) is 6.34. The maximum absolute atomic E-state index is 11.8. The number of furan rings is 1. The Morgan fingerprint density at radius 1 is 1.44 bits per heavy atom. The molecule has 0 spiro atoms. The lowest BCUT2D eigenvalue weighted by molar-refractivity contribution is 0.0909. The first-order valence-corrected chi connectivity index (χ1v) is 6.72. The fraction of sp³-hybridized carbons (Fsp3) is 0.615. The average molecular weight is 272 g/mol. The van der Waals surface area contributed by atoms with Crippen molar-refractivity contribution in [3.05, 3.63) is 23.1 Å². The summed E-state index contributed by atoms with van der Waals surface area (Å²) < 4.78 is 4.88. The van der Waals surface area contributed by atoms with Crippen molar-refractivity contribution in [3.63, 3.8) is 0 Å². The summed E-state index contributed by atoms with van der Waals surface area (Å²) in [5.41, 5.74) is 0.369. The summed E-state index contributed by atoms with van der Waals surface area (Å²) in [6, 6.07) is 1.56. The van der Waals surface area contributed by atoms with E-state index in [2.05, 4.69) is 5.32 Å². The van der Waals surface area contributed by atoms with Crippen LogP contribution < -0.4 is 5.32 Å². The van der Waals surface area contributed by atoms with Crippen LogP contribution in [0.25, 0.3) is 0 Å². The van der Waals surface area contributed by atoms with E-state index in [-0.39, 0.29) is 17.7 Å². The van der Waals surface area contributed by atoms with Crippen LogP contribution in [0, 0.1) is 11.8 Å². The van der Waals surface area contributed by atoms with Gasteiger partial charge in [0.25, 0.3) is 5.91 Å². The predicted octanol–water partition coefficient (Wildman–Crippen LogP) is 2.46. The lowest BCUT2D eigenvalue weighted by atomic mass is 9.79. The summed E-state index contributed by atoms with van der Waals surface area (Å²) in [6.07, 6.45) is 5.84. The third kappa shape index (κ3) is 3.06. The normalized spacial score (nSPS) is 23.9. The maximum Gasteiger partial charge on any atom is 0.256 e. The van der Waals surface area contributed by atoms with E-state index in [4.69, 9.17) is 16.0 Å². The number of aliphatic hydroxyl groups is 1. The molecule has 0 radical (unpaired) electrons. The molecule has 0 aromatic carbocycles. The van der Waals surface area contributed by atoms with Gasteiger partial charge >= 0.3 is 0 Å². The molecule has 1 saturated carbocycles. The third-order valence-electron chi connectivity index (χ3n) is 3.69. The second-order valence-corrected chi connectivity index (χ2v) is 5.15. The number of hydrogen-bond donors (Lipinski definition) is 2. The van der Waals surface area contributed by atoms with Crippen molar-refractivity contribution in [2.24, 2.45) is 11.8 Å². The molecule has 1 fully saturated rings. The van der Waals surface area contributed by atoms with Gasteiger partial charge < -0.3 is 14.8 Å². The first-order chi connectivity index (χ1) is 8.72. The zero-order chi connectivity index (χ0) is 13.0. The second kappa shape index (κ2) is 6.25. The minimum absolute atomic E-state index is 0.120. The van der Waals surface area contributed by atoms with Crippen LogP contribution in [0.3, 0.4) is 0 Å². The van der Waals surface area contributed by atoms with Crippen molar-refractivity contribution < 1.29 is 14.3 Å². The standard InChI is InChI=1S/C13H18ClNO3/c14-12-11(5-6-18-12)13(17)15-7-9-3-1-2-4-10(9)8-16/h5-6,9-10,16H,1-4,7-8H2,(H,15,17). The number of nitrogens with one attached hydrogen (secondary N) is 1. The van der Waals surface area contributed by atoms with Crippen LogP contribution in [0.4, 0.5) is 0 Å². The number of aliphatic hydroxyl groups excluding tert-OH is 1. The van der Waals surface area contributed by atoms with E-state index in [1.54, 1.807) is 6.07 Å². The van der Waals surface area contributed by atoms with Crippen LogP contribution in [0.1, 0.15) is 36.0 Å². The number of amides is 1. The zero-order valence-electron chi connectivity index (χ0n) is 10.2. The van der Waals surface area contributed by atoms with Gasteiger partial charge in [0.15, 0.2) is 0 Å². The predicted molar refractivity (Wildman–Crippen MR) is 68.6 cm³/mol. The lowest BCUT2D eigenvalue weighted by Gasteiger charge is -2.30. The highest BCUT2D eigenvalue weighted by atomic mass is 35.5. The first kappa shape index (κ1) is 13.4. The van der Waals surface area contributed by atoms with E-state index in [1.165, 1.54) is 19.1 Å². The van der Waals surface area contributed by atoms with Crippen LogP contribution in [-0.4, -0.2) is 24.2 Å². The largest absolute Gasteiger partial charge is 0.452 e. The van der Waals surface area contributed by atoms with Crippen LogP contribution in [0.15, 0.2) is 16.7 Å². The van der Waals surface area contributed by atoms with Crippen molar-refractivity contribution in [2.45, 2.75) is 25.7 Å². The van der Waals surface area contributed by atoms with E-state index in [9.17, 15) is 9.90 Å². The highest BCUT2D eigenvalue weighted by molar-refractivity contribution is 6.32. The number of hydrogen-bond acceptors (Lipinski definition) is 3. The maximum atomic E-state index is 11.8. The molecule has 2 rings (SSSR count). The summed E-state index contributed by atoms with van der Waals surface area (Å²) in [5, 5.41) is 12.3. The Kier molecular flexibility index (Phi) is 4.66. The number of rotatable bonds is 4. The molecule has 5 heteroatoms. The van der Waals surface area contributed by atoms with E-state index >= 15 is 0 Å². The van der Waals surface area contributed by atoms with Crippen LogP contribution >= 0.6 is 11.6 Å². The molecule has 0 saturated heterocycles. The van der Waals surface area contributed by atoms with Crippen molar-refractivity contribution in [3.8, 4) is 0 Å². The van der Waals surface area contributed by atoms with Crippen molar-refractivity contribution in [2.75, 3.05) is 13.2 Å². The molecule has 2 N–H and O–H groups in total. The van der Waals surface area contributed by atoms with Gasteiger partial charge in [-0.2, -0.15) is 0 Å². The van der Waals surface area contributed by atoms with E-state index in [0.717, 1.165) is 12.8 Å². The molecule has 1 aromatic rings. The average Bonchev–Trinajstić information content (AvgIpc) is 2.82. The summed E-state index contributed by atoms with van der Waals surface area (Å²) in [4.78, 5) is 11.8. The van der Waals surface area contributed by atoms with E-state index in [0.29, 0.717) is 23.9 Å². The number of carbonyl (C=O) groups is 1. The summed E-state index contributed by atoms with van der Waals surface area (Å²) in [5.74, 6) is 0.452. The fourth-order valence-electron chi connectivity index (χ4n) is 2.57. The van der Waals surface area contributed by atoms with Crippen molar-refractivity contribution in [1.82, 2.24) is 5.32 Å². The molecule has 100 valence electrons. The van der Waals surface area contributed by atoms with Gasteiger partial charge in [0.1, 0.15) is 0 Å². The van der Waals surface area contributed by atoms with Crippen LogP contribution in [0.5, 0.6) is 0 Å². The van der Waals surface area contributed by atoms with Gasteiger partial charge in [0, 0.05) is 13.2 Å². The summed E-state index contributed by atoms with van der Waals surface area (Å²) >= 11 is 5.74. The van der Waals surface area contributed by atoms with Gasteiger partial charge in [0.2, 0.25) is 5.22 Å². The molecular formula is C13H18ClNO3. The van der Waals surface area contributed by atoms with Gasteiger partial charge in [-0.25, -0.2) is 0 Å². The molecule has 1 heterocycles. The quantitative estimate of drug-likeness (QED) is 0.884. The lowest BCUT2D eigenvalue weighted by Crippen LogP contribution is -2.35. The van der Waals surface area contributed by atoms with Gasteiger partial charge in [-0.3, -0.25) is 4.79 Å². The topological polar surface area (TPSA) is 62.5 Å². The Balaban J connectivity index is 1.87. The molecule has 18 heavy (non-hydrogen) atoms. The van der Waals surface area contributed by atoms with Crippen LogP contribution in [-0.2, 0) is 0 Å². The SMILES string of the molecule is O=C(NCC1CCCCC1CO)c1ccoc1Cl. The number of halogens is 1. The Hall–Kier alpha value is -1.00. The third-order valence-corrected chi connectivity index (χ3v) is 3.98. The molecule has 1 amide bonds. The Labute approximate surface area is 111 Å². The molecule has 2 unspecified atom stereocenters. The second-order valence-electron chi connectivity index (χ2n) is 4.81. The van der Waals surface area contributed by atoms with Gasteiger partial charge in [-0.15, -0.1) is 0 Å². The van der Waals surface area contributed by atoms with Crippen molar-refractivity contribution in [1.29, 1.82) is 0 Å². The Morgan fingerprint density at radius 3 is 2.78 bits per heavy atom. The summed E-state index contributed by atoms with van der Waals surface area (Å²) in [7, 11) is 0. The molecule has 1 aromatic heterocycles. The van der Waals surface area contributed by atoms with Gasteiger partial charge in [0.05, 0.1) is 11.8 Å². The van der Waals surface area contributed by atoms with E-state index in [1.807, 2.05) is 0 Å². The Morgan fingerprint density at radius 2 is 2.17 bits per heavy atom. The highest BCUT2D eigenvalue weighted by Crippen LogP contribution is 2.29. The zero-order valence-corrected chi connectivity index (χ0v) is 10.9.